The van der Waals surface area contributed by atoms with Crippen molar-refractivity contribution in [2.45, 2.75) is 24.6 Å². The molecule has 0 aliphatic carbocycles. The van der Waals surface area contributed by atoms with Gasteiger partial charge in [0.2, 0.25) is 15.9 Å². The second-order valence-electron chi connectivity index (χ2n) is 7.87. The van der Waals surface area contributed by atoms with Crippen LogP contribution in [0.3, 0.4) is 0 Å². The Bertz CT molecular complexity index is 957. The first kappa shape index (κ1) is 19.6. The first-order chi connectivity index (χ1) is 13.3. The summed E-state index contributed by atoms with van der Waals surface area (Å²) in [6, 6.07) is 9.58. The van der Waals surface area contributed by atoms with Crippen molar-refractivity contribution < 1.29 is 13.2 Å². The maximum atomic E-state index is 13.0. The summed E-state index contributed by atoms with van der Waals surface area (Å²) in [5, 5.41) is 3.93. The number of piperazine rings is 1. The summed E-state index contributed by atoms with van der Waals surface area (Å²) in [6.07, 6.45) is 0.727. The molecule has 1 amide bonds. The molecule has 4 rings (SSSR count). The van der Waals surface area contributed by atoms with E-state index in [0.717, 1.165) is 23.2 Å². The highest BCUT2D eigenvalue weighted by molar-refractivity contribution is 7.88. The maximum Gasteiger partial charge on any atom is 0.241 e. The van der Waals surface area contributed by atoms with Gasteiger partial charge < -0.3 is 4.90 Å². The number of thiophene rings is 1. The average Bonchev–Trinajstić information content (AvgIpc) is 3.31. The van der Waals surface area contributed by atoms with Crippen molar-refractivity contribution in [2.24, 2.45) is 0 Å². The Hall–Kier alpha value is -1.74. The van der Waals surface area contributed by atoms with Gasteiger partial charge in [0.1, 0.15) is 0 Å². The lowest BCUT2D eigenvalue weighted by atomic mass is 9.93. The highest BCUT2D eigenvalue weighted by Gasteiger charge is 2.50. The van der Waals surface area contributed by atoms with Gasteiger partial charge in [0.15, 0.2) is 0 Å². The third-order valence-corrected chi connectivity index (χ3v) is 8.38. The monoisotopic (exact) mass is 419 g/mol. The Morgan fingerprint density at radius 2 is 1.89 bits per heavy atom. The third kappa shape index (κ3) is 3.61. The number of aryl methyl sites for hydroxylation is 1. The van der Waals surface area contributed by atoms with Crippen molar-refractivity contribution in [3.63, 3.8) is 0 Å². The molecule has 3 heterocycles. The minimum atomic E-state index is -3.40. The summed E-state index contributed by atoms with van der Waals surface area (Å²) in [5.41, 5.74) is 2.49. The van der Waals surface area contributed by atoms with Crippen LogP contribution in [0.5, 0.6) is 0 Å². The highest BCUT2D eigenvalue weighted by atomic mass is 32.2. The number of amides is 1. The molecule has 2 saturated heterocycles. The van der Waals surface area contributed by atoms with Gasteiger partial charge in [-0.05, 0) is 37.4 Å². The number of likely N-dealkylation sites (N-methyl/N-ethyl adjacent to an activating group) is 1. The zero-order chi connectivity index (χ0) is 19.9. The number of sulfonamides is 1. The van der Waals surface area contributed by atoms with Gasteiger partial charge in [-0.15, -0.1) is 0 Å². The van der Waals surface area contributed by atoms with E-state index in [9.17, 15) is 13.2 Å². The van der Waals surface area contributed by atoms with E-state index in [4.69, 9.17) is 0 Å². The average molecular weight is 420 g/mol. The fourth-order valence-corrected chi connectivity index (χ4v) is 6.33. The van der Waals surface area contributed by atoms with Crippen LogP contribution >= 0.6 is 11.3 Å². The Morgan fingerprint density at radius 1 is 1.14 bits per heavy atom. The molecule has 2 aromatic rings. The molecule has 0 unspecified atom stereocenters. The van der Waals surface area contributed by atoms with Crippen LogP contribution in [-0.4, -0.2) is 62.3 Å². The van der Waals surface area contributed by atoms with Crippen molar-refractivity contribution in [1.29, 1.82) is 0 Å². The van der Waals surface area contributed by atoms with Gasteiger partial charge in [-0.3, -0.25) is 9.69 Å². The minimum Gasteiger partial charge on any atom is -0.309 e. The first-order valence-electron chi connectivity index (χ1n) is 9.36. The molecule has 1 aromatic carbocycles. The number of carbonyl (C=O) groups is 1. The molecule has 8 heteroatoms. The Balaban J connectivity index is 1.53. The molecule has 1 aromatic heterocycles. The van der Waals surface area contributed by atoms with E-state index in [0.29, 0.717) is 26.2 Å². The zero-order valence-corrected chi connectivity index (χ0v) is 17.8. The normalized spacial score (nSPS) is 24.4. The predicted octanol–water partition coefficient (Wildman–Crippen LogP) is 2.31. The Morgan fingerprint density at radius 3 is 2.57 bits per heavy atom. The van der Waals surface area contributed by atoms with Crippen LogP contribution in [0.4, 0.5) is 5.69 Å². The smallest absolute Gasteiger partial charge is 0.241 e. The van der Waals surface area contributed by atoms with Crippen LogP contribution in [0.15, 0.2) is 41.1 Å². The number of benzene rings is 1. The molecule has 2 aliphatic rings. The standard InChI is InChI=1S/C20H25N3O3S2/c1-16-3-5-17(6-4-16)13-28(25,26)22-9-8-20(14-22)15-23(18-7-10-27-12-18)19(24)11-21(20)2/h3-7,10,12H,8-9,11,13-15H2,1-2H3/t20-/m1/s1. The molecule has 0 saturated carbocycles. The van der Waals surface area contributed by atoms with E-state index in [-0.39, 0.29) is 17.2 Å². The van der Waals surface area contributed by atoms with E-state index in [1.54, 1.807) is 15.6 Å². The molecule has 28 heavy (non-hydrogen) atoms. The van der Waals surface area contributed by atoms with E-state index in [2.05, 4.69) is 0 Å². The number of hydrogen-bond donors (Lipinski definition) is 0. The van der Waals surface area contributed by atoms with E-state index >= 15 is 0 Å². The molecular weight excluding hydrogens is 394 g/mol. The number of anilines is 1. The third-order valence-electron chi connectivity index (χ3n) is 5.91. The minimum absolute atomic E-state index is 0.0141. The molecule has 0 radical (unpaired) electrons. The second kappa shape index (κ2) is 7.26. The molecule has 2 fully saturated rings. The highest BCUT2D eigenvalue weighted by Crippen LogP contribution is 2.35. The number of rotatable bonds is 4. The van der Waals surface area contributed by atoms with Gasteiger partial charge in [-0.25, -0.2) is 8.42 Å². The van der Waals surface area contributed by atoms with Gasteiger partial charge >= 0.3 is 0 Å². The van der Waals surface area contributed by atoms with Crippen LogP contribution in [0.1, 0.15) is 17.5 Å². The van der Waals surface area contributed by atoms with Gasteiger partial charge in [0.05, 0.1) is 23.5 Å². The predicted molar refractivity (Wildman–Crippen MR) is 112 cm³/mol. The lowest BCUT2D eigenvalue weighted by molar-refractivity contribution is -0.123. The van der Waals surface area contributed by atoms with E-state index in [1.807, 2.05) is 64.9 Å². The van der Waals surface area contributed by atoms with Crippen molar-refractivity contribution in [1.82, 2.24) is 9.21 Å². The van der Waals surface area contributed by atoms with Gasteiger partial charge in [0.25, 0.3) is 0 Å². The second-order valence-corrected chi connectivity index (χ2v) is 10.6. The van der Waals surface area contributed by atoms with E-state index < -0.39 is 10.0 Å². The van der Waals surface area contributed by atoms with Crippen molar-refractivity contribution in [3.8, 4) is 0 Å². The van der Waals surface area contributed by atoms with Gasteiger partial charge in [-0.1, -0.05) is 29.8 Å². The molecule has 1 atom stereocenters. The van der Waals surface area contributed by atoms with Crippen LogP contribution in [-0.2, 0) is 20.6 Å². The Kier molecular flexibility index (Phi) is 5.07. The van der Waals surface area contributed by atoms with Crippen LogP contribution in [0.2, 0.25) is 0 Å². The fourth-order valence-electron chi connectivity index (χ4n) is 4.09. The molecule has 6 nitrogen and oxygen atoms in total. The molecular formula is C20H25N3O3S2. The summed E-state index contributed by atoms with van der Waals surface area (Å²) in [5.74, 6) is 0.0766. The van der Waals surface area contributed by atoms with Crippen LogP contribution in [0, 0.1) is 6.92 Å². The zero-order valence-electron chi connectivity index (χ0n) is 16.2. The van der Waals surface area contributed by atoms with Crippen LogP contribution in [0.25, 0.3) is 0 Å². The van der Waals surface area contributed by atoms with E-state index in [1.165, 1.54) is 0 Å². The summed E-state index contributed by atoms with van der Waals surface area (Å²) < 4.78 is 27.6. The quantitative estimate of drug-likeness (QED) is 0.763. The summed E-state index contributed by atoms with van der Waals surface area (Å²) in [7, 11) is -1.47. The fraction of sp³-hybridized carbons (Fsp3) is 0.450. The lowest BCUT2D eigenvalue weighted by Gasteiger charge is -2.46. The topological polar surface area (TPSA) is 60.9 Å². The SMILES string of the molecule is Cc1ccc(CS(=O)(=O)N2CC[C@]3(CN(c4ccsc4)C(=O)CN3C)C2)cc1. The van der Waals surface area contributed by atoms with Crippen molar-refractivity contribution in [3.05, 3.63) is 52.2 Å². The summed E-state index contributed by atoms with van der Waals surface area (Å²) in [4.78, 5) is 16.4. The van der Waals surface area contributed by atoms with Crippen molar-refractivity contribution in [2.75, 3.05) is 38.1 Å². The summed E-state index contributed by atoms with van der Waals surface area (Å²) >= 11 is 1.56. The largest absolute Gasteiger partial charge is 0.309 e. The molecule has 0 N–H and O–H groups in total. The van der Waals surface area contributed by atoms with Gasteiger partial charge in [0, 0.05) is 25.0 Å². The number of nitrogens with zero attached hydrogens (tertiary/aromatic N) is 3. The Labute approximate surface area is 170 Å². The lowest BCUT2D eigenvalue weighted by Crippen LogP contribution is -2.64. The molecule has 1 spiro atoms. The van der Waals surface area contributed by atoms with Crippen LogP contribution < -0.4 is 4.90 Å². The number of carbonyl (C=O) groups excluding carboxylic acids is 1. The molecule has 2 aliphatic heterocycles. The van der Waals surface area contributed by atoms with Crippen molar-refractivity contribution >= 4 is 33.0 Å². The van der Waals surface area contributed by atoms with Gasteiger partial charge in [-0.2, -0.15) is 15.6 Å². The maximum absolute atomic E-state index is 13.0. The summed E-state index contributed by atoms with van der Waals surface area (Å²) in [6.45, 7) is 3.73. The number of hydrogen-bond acceptors (Lipinski definition) is 5. The molecule has 150 valence electrons. The molecule has 0 bridgehead atoms. The first-order valence-corrected chi connectivity index (χ1v) is 11.9.